The van der Waals surface area contributed by atoms with Gasteiger partial charge in [0.05, 0.1) is 10.6 Å². The van der Waals surface area contributed by atoms with Crippen molar-refractivity contribution < 1.29 is 31.5 Å². The van der Waals surface area contributed by atoms with Gasteiger partial charge in [0.25, 0.3) is 0 Å². The van der Waals surface area contributed by atoms with E-state index in [0.717, 1.165) is 6.07 Å². The zero-order chi connectivity index (χ0) is 25.1. The molecule has 184 valence electrons. The van der Waals surface area contributed by atoms with E-state index < -0.39 is 43.4 Å². The van der Waals surface area contributed by atoms with Crippen molar-refractivity contribution in [2.45, 2.75) is 31.2 Å². The minimum absolute atomic E-state index is 0.140. The van der Waals surface area contributed by atoms with Crippen LogP contribution < -0.4 is 5.32 Å². The Balaban J connectivity index is 1.94. The molecule has 0 radical (unpaired) electrons. The maximum Gasteiger partial charge on any atom is 0.417 e. The zero-order valence-corrected chi connectivity index (χ0v) is 20.1. The van der Waals surface area contributed by atoms with Crippen LogP contribution in [0, 0.1) is 12.8 Å². The largest absolute Gasteiger partial charge is 0.480 e. The van der Waals surface area contributed by atoms with Crippen molar-refractivity contribution in [2.24, 2.45) is 5.92 Å². The summed E-state index contributed by atoms with van der Waals surface area (Å²) in [7, 11) is -4.32. The number of sulfonamides is 1. The van der Waals surface area contributed by atoms with Crippen molar-refractivity contribution in [1.29, 1.82) is 0 Å². The molecule has 34 heavy (non-hydrogen) atoms. The Morgan fingerprint density at radius 3 is 2.41 bits per heavy atom. The fourth-order valence-corrected chi connectivity index (χ4v) is 7.80. The first-order valence-electron chi connectivity index (χ1n) is 10.8. The number of carboxylic acids is 1. The average molecular weight is 517 g/mol. The quantitative estimate of drug-likeness (QED) is 0.640. The van der Waals surface area contributed by atoms with E-state index in [1.807, 2.05) is 0 Å². The minimum atomic E-state index is -4.62. The molecule has 0 saturated carbocycles. The number of aryl methyl sites for hydroxylation is 1. The summed E-state index contributed by atoms with van der Waals surface area (Å²) in [6, 6.07) is 6.64. The number of rotatable bonds is 4. The summed E-state index contributed by atoms with van der Waals surface area (Å²) in [5, 5.41) is 13.0. The van der Waals surface area contributed by atoms with E-state index in [0.29, 0.717) is 35.3 Å². The third-order valence-corrected chi connectivity index (χ3v) is 9.69. The number of hydrogen-bond acceptors (Lipinski definition) is 4. The monoisotopic (exact) mass is 516 g/mol. The van der Waals surface area contributed by atoms with Gasteiger partial charge in [0, 0.05) is 26.2 Å². The summed E-state index contributed by atoms with van der Waals surface area (Å²) in [5.74, 6) is -2.26. The molecule has 11 heteroatoms. The predicted octanol–water partition coefficient (Wildman–Crippen LogP) is 4.04. The molecule has 1 heterocycles. The van der Waals surface area contributed by atoms with Crippen LogP contribution >= 0.6 is 11.6 Å². The molecule has 4 rings (SSSR count). The summed E-state index contributed by atoms with van der Waals surface area (Å²) in [5.41, 5.74) is 1.13. The van der Waals surface area contributed by atoms with Gasteiger partial charge in [-0.3, -0.25) is 4.79 Å². The van der Waals surface area contributed by atoms with Gasteiger partial charge in [0.15, 0.2) is 0 Å². The number of hydrogen-bond donors (Lipinski definition) is 2. The summed E-state index contributed by atoms with van der Waals surface area (Å²) in [4.78, 5) is 12.8. The van der Waals surface area contributed by atoms with Crippen LogP contribution in [0.5, 0.6) is 0 Å². The molecule has 1 fully saturated rings. The second-order valence-corrected chi connectivity index (χ2v) is 11.3. The third kappa shape index (κ3) is 3.71. The van der Waals surface area contributed by atoms with E-state index in [1.165, 1.54) is 16.4 Å². The molecule has 0 spiro atoms. The first-order valence-corrected chi connectivity index (χ1v) is 12.6. The van der Waals surface area contributed by atoms with Crippen molar-refractivity contribution in [2.75, 3.05) is 26.2 Å². The van der Waals surface area contributed by atoms with E-state index in [1.54, 1.807) is 26.0 Å². The lowest BCUT2D eigenvalue weighted by Crippen LogP contribution is -2.57. The normalized spacial score (nSPS) is 23.6. The van der Waals surface area contributed by atoms with Gasteiger partial charge < -0.3 is 10.4 Å². The van der Waals surface area contributed by atoms with E-state index in [-0.39, 0.29) is 25.1 Å². The van der Waals surface area contributed by atoms with Crippen LogP contribution in [0.2, 0.25) is 5.02 Å². The Labute approximate surface area is 200 Å². The van der Waals surface area contributed by atoms with Gasteiger partial charge in [-0.25, -0.2) is 8.42 Å². The van der Waals surface area contributed by atoms with Gasteiger partial charge in [0.1, 0.15) is 0 Å². The van der Waals surface area contributed by atoms with Gasteiger partial charge in [-0.1, -0.05) is 42.3 Å². The highest BCUT2D eigenvalue weighted by Crippen LogP contribution is 2.52. The molecule has 2 aromatic rings. The third-order valence-electron chi connectivity index (χ3n) is 6.72. The lowest BCUT2D eigenvalue weighted by molar-refractivity contribution is -0.141. The smallest absolute Gasteiger partial charge is 0.417 e. The summed E-state index contributed by atoms with van der Waals surface area (Å²) in [6.45, 7) is 4.44. The first kappa shape index (κ1) is 25.0. The highest BCUT2D eigenvalue weighted by molar-refractivity contribution is 7.90. The number of piperazine rings is 1. The number of fused-ring (bicyclic) bond motifs is 1. The number of benzene rings is 2. The minimum Gasteiger partial charge on any atom is -0.480 e. The molecule has 2 N–H and O–H groups in total. The SMILES string of the molecule is Cc1cc(-c2ccc(C(F)(F)F)c(Cl)c2)c2c(c1)C(C(=O)O)(S(=O)(=O)N1CCNCC1)C(C)C2. The summed E-state index contributed by atoms with van der Waals surface area (Å²) in [6.07, 6.45) is -4.48. The number of nitrogens with zero attached hydrogens (tertiary/aromatic N) is 1. The van der Waals surface area contributed by atoms with Gasteiger partial charge in [0.2, 0.25) is 14.8 Å². The lowest BCUT2D eigenvalue weighted by atomic mass is 9.90. The van der Waals surface area contributed by atoms with E-state index in [2.05, 4.69) is 5.32 Å². The highest BCUT2D eigenvalue weighted by Gasteiger charge is 2.63. The van der Waals surface area contributed by atoms with Crippen LogP contribution in [-0.2, 0) is 32.2 Å². The van der Waals surface area contributed by atoms with Crippen LogP contribution in [0.25, 0.3) is 11.1 Å². The fraction of sp³-hybridized carbons (Fsp3) is 0.435. The summed E-state index contributed by atoms with van der Waals surface area (Å²) >= 11 is 5.94. The fourth-order valence-electron chi connectivity index (χ4n) is 5.17. The zero-order valence-electron chi connectivity index (χ0n) is 18.5. The second-order valence-electron chi connectivity index (χ2n) is 8.83. The van der Waals surface area contributed by atoms with Crippen molar-refractivity contribution in [1.82, 2.24) is 9.62 Å². The molecule has 0 amide bonds. The number of aliphatic carboxylic acids is 1. The van der Waals surface area contributed by atoms with E-state index in [4.69, 9.17) is 11.6 Å². The molecule has 2 atom stereocenters. The van der Waals surface area contributed by atoms with Gasteiger partial charge in [-0.05, 0) is 53.6 Å². The first-order chi connectivity index (χ1) is 15.8. The van der Waals surface area contributed by atoms with E-state index >= 15 is 0 Å². The highest BCUT2D eigenvalue weighted by atomic mass is 35.5. The molecular formula is C23H24ClF3N2O4S. The number of carbonyl (C=O) groups is 1. The van der Waals surface area contributed by atoms with Crippen LogP contribution in [0.4, 0.5) is 13.2 Å². The molecule has 1 aliphatic carbocycles. The number of carboxylic acid groups (broad SMARTS) is 1. The molecule has 2 aliphatic rings. The Morgan fingerprint density at radius 2 is 1.85 bits per heavy atom. The lowest BCUT2D eigenvalue weighted by Gasteiger charge is -2.37. The Hall–Kier alpha value is -2.14. The van der Waals surface area contributed by atoms with Crippen molar-refractivity contribution in [3.63, 3.8) is 0 Å². The van der Waals surface area contributed by atoms with Gasteiger partial charge in [-0.15, -0.1) is 0 Å². The second kappa shape index (κ2) is 8.51. The number of halogens is 4. The molecule has 1 saturated heterocycles. The Kier molecular flexibility index (Phi) is 6.25. The molecule has 2 aromatic carbocycles. The number of nitrogens with one attached hydrogen (secondary N) is 1. The summed E-state index contributed by atoms with van der Waals surface area (Å²) < 4.78 is 66.3. The molecule has 2 unspecified atom stereocenters. The van der Waals surface area contributed by atoms with Crippen LogP contribution in [0.3, 0.4) is 0 Å². The van der Waals surface area contributed by atoms with Crippen molar-refractivity contribution in [3.8, 4) is 11.1 Å². The van der Waals surface area contributed by atoms with Crippen LogP contribution in [0.15, 0.2) is 30.3 Å². The maximum absolute atomic E-state index is 13.9. The number of alkyl halides is 3. The van der Waals surface area contributed by atoms with Crippen molar-refractivity contribution in [3.05, 3.63) is 57.6 Å². The Bertz CT molecular complexity index is 1260. The molecule has 1 aliphatic heterocycles. The van der Waals surface area contributed by atoms with Gasteiger partial charge in [-0.2, -0.15) is 17.5 Å². The standard InChI is InChI=1S/C23H24ClF3N2O4S/c1-13-9-16(15-3-4-18(20(24)12-15)23(25,26)27)17-11-14(2)22(21(30)31,19(17)10-13)34(32,33)29-7-5-28-6-8-29/h3-4,9-10,12,14,28H,5-8,11H2,1-2H3,(H,30,31). The van der Waals surface area contributed by atoms with Crippen LogP contribution in [-0.4, -0.2) is 50.0 Å². The van der Waals surface area contributed by atoms with Gasteiger partial charge >= 0.3 is 12.1 Å². The average Bonchev–Trinajstić information content (AvgIpc) is 3.05. The Morgan fingerprint density at radius 1 is 1.21 bits per heavy atom. The molecular weight excluding hydrogens is 493 g/mol. The van der Waals surface area contributed by atoms with Crippen molar-refractivity contribution >= 4 is 27.6 Å². The topological polar surface area (TPSA) is 86.7 Å². The van der Waals surface area contributed by atoms with E-state index in [9.17, 15) is 31.5 Å². The molecule has 0 aromatic heterocycles. The maximum atomic E-state index is 13.9. The predicted molar refractivity (Wildman–Crippen MR) is 122 cm³/mol. The molecule has 6 nitrogen and oxygen atoms in total. The van der Waals surface area contributed by atoms with Crippen LogP contribution in [0.1, 0.15) is 29.2 Å². The molecule has 0 bridgehead atoms.